The Hall–Kier alpha value is -0.870. The Labute approximate surface area is 115 Å². The van der Waals surface area contributed by atoms with E-state index in [2.05, 4.69) is 24.4 Å². The van der Waals surface area contributed by atoms with Gasteiger partial charge in [-0.3, -0.25) is 0 Å². The molecule has 2 fully saturated rings. The van der Waals surface area contributed by atoms with Crippen LogP contribution in [0.1, 0.15) is 43.7 Å². The summed E-state index contributed by atoms with van der Waals surface area (Å²) in [5.74, 6) is 0. The van der Waals surface area contributed by atoms with Crippen LogP contribution in [0.3, 0.4) is 0 Å². The largest absolute Gasteiger partial charge is 0.308 e. The summed E-state index contributed by atoms with van der Waals surface area (Å²) in [5.41, 5.74) is 2.28. The standard InChI is InChI=1S/C15H21NO2S/c1-14(8-3-11-16-14)12-4-6-13(7-5-12)15(9-10-15)19(2,17)18/h4-7,16H,3,8-11H2,1-2H3. The van der Waals surface area contributed by atoms with Crippen LogP contribution in [0.15, 0.2) is 24.3 Å². The van der Waals surface area contributed by atoms with Gasteiger partial charge in [0.1, 0.15) is 0 Å². The Morgan fingerprint density at radius 1 is 1.05 bits per heavy atom. The van der Waals surface area contributed by atoms with Crippen molar-refractivity contribution in [1.82, 2.24) is 5.32 Å². The van der Waals surface area contributed by atoms with Gasteiger partial charge in [-0.1, -0.05) is 24.3 Å². The van der Waals surface area contributed by atoms with Crippen LogP contribution in [-0.4, -0.2) is 21.2 Å². The zero-order valence-electron chi connectivity index (χ0n) is 11.6. The molecule has 3 rings (SSSR count). The van der Waals surface area contributed by atoms with Gasteiger partial charge >= 0.3 is 0 Å². The van der Waals surface area contributed by atoms with Gasteiger partial charge in [-0.2, -0.15) is 0 Å². The first-order valence-electron chi connectivity index (χ1n) is 6.93. The van der Waals surface area contributed by atoms with Crippen molar-refractivity contribution >= 4 is 9.84 Å². The van der Waals surface area contributed by atoms with Gasteiger partial charge < -0.3 is 5.32 Å². The number of benzene rings is 1. The van der Waals surface area contributed by atoms with Crippen LogP contribution >= 0.6 is 0 Å². The van der Waals surface area contributed by atoms with Crippen molar-refractivity contribution in [3.63, 3.8) is 0 Å². The second-order valence-electron chi connectivity index (χ2n) is 6.21. The first-order valence-corrected chi connectivity index (χ1v) is 8.82. The molecule has 19 heavy (non-hydrogen) atoms. The molecule has 0 spiro atoms. The zero-order chi connectivity index (χ0) is 13.7. The van der Waals surface area contributed by atoms with E-state index < -0.39 is 14.6 Å². The monoisotopic (exact) mass is 279 g/mol. The highest BCUT2D eigenvalue weighted by atomic mass is 32.2. The number of hydrogen-bond donors (Lipinski definition) is 1. The molecule has 1 atom stereocenters. The summed E-state index contributed by atoms with van der Waals surface area (Å²) in [7, 11) is -3.01. The first kappa shape index (κ1) is 13.1. The molecule has 0 radical (unpaired) electrons. The summed E-state index contributed by atoms with van der Waals surface area (Å²) < 4.78 is 23.2. The van der Waals surface area contributed by atoms with Crippen LogP contribution in [0.4, 0.5) is 0 Å². The third kappa shape index (κ3) is 2.01. The summed E-state index contributed by atoms with van der Waals surface area (Å²) in [4.78, 5) is 0. The van der Waals surface area contributed by atoms with E-state index in [1.54, 1.807) is 0 Å². The van der Waals surface area contributed by atoms with Gasteiger partial charge in [0.05, 0.1) is 4.75 Å². The Balaban J connectivity index is 1.92. The van der Waals surface area contributed by atoms with Gasteiger partial charge in [0.15, 0.2) is 9.84 Å². The summed E-state index contributed by atoms with van der Waals surface area (Å²) in [6.45, 7) is 3.28. The van der Waals surface area contributed by atoms with Crippen molar-refractivity contribution in [3.8, 4) is 0 Å². The highest BCUT2D eigenvalue weighted by molar-refractivity contribution is 7.92. The van der Waals surface area contributed by atoms with Gasteiger partial charge in [0, 0.05) is 11.8 Å². The molecule has 1 aliphatic heterocycles. The molecule has 1 saturated heterocycles. The molecule has 4 heteroatoms. The van der Waals surface area contributed by atoms with E-state index in [1.807, 2.05) is 12.1 Å². The van der Waals surface area contributed by atoms with Crippen LogP contribution in [0, 0.1) is 0 Å². The Morgan fingerprint density at radius 2 is 1.63 bits per heavy atom. The van der Waals surface area contributed by atoms with Crippen LogP contribution in [-0.2, 0) is 20.1 Å². The van der Waals surface area contributed by atoms with Crippen LogP contribution < -0.4 is 5.32 Å². The van der Waals surface area contributed by atoms with Crippen LogP contribution in [0.2, 0.25) is 0 Å². The molecule has 1 aromatic rings. The summed E-state index contributed by atoms with van der Waals surface area (Å²) in [6, 6.07) is 8.21. The van der Waals surface area contributed by atoms with Crippen molar-refractivity contribution in [2.45, 2.75) is 42.9 Å². The van der Waals surface area contributed by atoms with E-state index in [9.17, 15) is 8.42 Å². The predicted molar refractivity (Wildman–Crippen MR) is 76.8 cm³/mol. The molecule has 1 aromatic carbocycles. The number of rotatable bonds is 3. The van der Waals surface area contributed by atoms with E-state index in [1.165, 1.54) is 18.2 Å². The predicted octanol–water partition coefficient (Wildman–Crippen LogP) is 2.32. The normalized spacial score (nSPS) is 29.4. The van der Waals surface area contributed by atoms with E-state index in [0.29, 0.717) is 0 Å². The van der Waals surface area contributed by atoms with Crippen molar-refractivity contribution in [2.24, 2.45) is 0 Å². The fourth-order valence-electron chi connectivity index (χ4n) is 3.27. The van der Waals surface area contributed by atoms with E-state index in [0.717, 1.165) is 31.4 Å². The fourth-order valence-corrected chi connectivity index (χ4v) is 4.68. The summed E-state index contributed by atoms with van der Waals surface area (Å²) in [5, 5.41) is 3.54. The zero-order valence-corrected chi connectivity index (χ0v) is 12.4. The lowest BCUT2D eigenvalue weighted by molar-refractivity contribution is 0.434. The molecule has 1 N–H and O–H groups in total. The van der Waals surface area contributed by atoms with E-state index >= 15 is 0 Å². The highest BCUT2D eigenvalue weighted by Gasteiger charge is 2.53. The van der Waals surface area contributed by atoms with Crippen molar-refractivity contribution in [3.05, 3.63) is 35.4 Å². The number of hydrogen-bond acceptors (Lipinski definition) is 3. The van der Waals surface area contributed by atoms with Crippen LogP contribution in [0.25, 0.3) is 0 Å². The number of nitrogens with one attached hydrogen (secondary N) is 1. The van der Waals surface area contributed by atoms with Gasteiger partial charge in [-0.15, -0.1) is 0 Å². The SMILES string of the molecule is CC1(c2ccc(C3(S(C)(=O)=O)CC3)cc2)CCCN1. The first-order chi connectivity index (χ1) is 8.87. The quantitative estimate of drug-likeness (QED) is 0.923. The third-order valence-corrected chi connectivity index (χ3v) is 6.89. The molecular formula is C15H21NO2S. The third-order valence-electron chi connectivity index (χ3n) is 4.83. The van der Waals surface area contributed by atoms with Gasteiger partial charge in [0.2, 0.25) is 0 Å². The van der Waals surface area contributed by atoms with E-state index in [-0.39, 0.29) is 5.54 Å². The number of sulfone groups is 1. The average molecular weight is 279 g/mol. The Morgan fingerprint density at radius 3 is 2.05 bits per heavy atom. The average Bonchev–Trinajstić information content (AvgIpc) is 3.07. The van der Waals surface area contributed by atoms with Crippen molar-refractivity contribution < 1.29 is 8.42 Å². The molecule has 1 saturated carbocycles. The summed E-state index contributed by atoms with van der Waals surface area (Å²) >= 11 is 0. The molecule has 2 aliphatic rings. The highest BCUT2D eigenvalue weighted by Crippen LogP contribution is 2.52. The molecule has 3 nitrogen and oxygen atoms in total. The maximum atomic E-state index is 11.9. The smallest absolute Gasteiger partial charge is 0.157 e. The van der Waals surface area contributed by atoms with Crippen molar-refractivity contribution in [1.29, 1.82) is 0 Å². The molecule has 0 aromatic heterocycles. The summed E-state index contributed by atoms with van der Waals surface area (Å²) in [6.07, 6.45) is 5.23. The minimum atomic E-state index is -3.01. The molecular weight excluding hydrogens is 258 g/mol. The molecule has 104 valence electrons. The second-order valence-corrected chi connectivity index (χ2v) is 8.53. The Kier molecular flexibility index (Phi) is 2.81. The maximum absolute atomic E-state index is 11.9. The second kappa shape index (κ2) is 4.06. The van der Waals surface area contributed by atoms with Gasteiger partial charge in [-0.25, -0.2) is 8.42 Å². The van der Waals surface area contributed by atoms with Gasteiger partial charge in [-0.05, 0) is 50.3 Å². The minimum Gasteiger partial charge on any atom is -0.308 e. The van der Waals surface area contributed by atoms with Crippen LogP contribution in [0.5, 0.6) is 0 Å². The Bertz CT molecular complexity index is 579. The molecule has 1 unspecified atom stereocenters. The molecule has 1 aliphatic carbocycles. The lowest BCUT2D eigenvalue weighted by Crippen LogP contribution is -2.33. The van der Waals surface area contributed by atoms with E-state index in [4.69, 9.17) is 0 Å². The van der Waals surface area contributed by atoms with Crippen molar-refractivity contribution in [2.75, 3.05) is 12.8 Å². The topological polar surface area (TPSA) is 46.2 Å². The molecule has 0 amide bonds. The molecule has 0 bridgehead atoms. The van der Waals surface area contributed by atoms with Gasteiger partial charge in [0.25, 0.3) is 0 Å². The lowest BCUT2D eigenvalue weighted by atomic mass is 9.89. The maximum Gasteiger partial charge on any atom is 0.157 e. The lowest BCUT2D eigenvalue weighted by Gasteiger charge is -2.25. The minimum absolute atomic E-state index is 0.0559. The fraction of sp³-hybridized carbons (Fsp3) is 0.600. The molecule has 1 heterocycles.